The highest BCUT2D eigenvalue weighted by Gasteiger charge is 1.94. The first-order valence-electron chi connectivity index (χ1n) is 9.96. The standard InChI is InChI=1S/C23H33NO2/c1-2-3-4-5-6-7-8-9-10-11-12-13-19-24-22-16-14-15-21(20-22)17-18-23(25)26/h10-11,14-16,20,24H,2-9,12-13,19H2,1H3,(H,25,26). The van der Waals surface area contributed by atoms with Gasteiger partial charge in [0.15, 0.2) is 0 Å². The Morgan fingerprint density at radius 2 is 1.73 bits per heavy atom. The van der Waals surface area contributed by atoms with Gasteiger partial charge in [-0.2, -0.15) is 0 Å². The molecule has 3 heteroatoms. The predicted molar refractivity (Wildman–Crippen MR) is 110 cm³/mol. The molecular weight excluding hydrogens is 322 g/mol. The highest BCUT2D eigenvalue weighted by atomic mass is 16.4. The first-order valence-corrected chi connectivity index (χ1v) is 9.96. The number of unbranched alkanes of at least 4 members (excludes halogenated alkanes) is 8. The van der Waals surface area contributed by atoms with Crippen molar-refractivity contribution in [2.45, 2.75) is 71.1 Å². The van der Waals surface area contributed by atoms with Crippen LogP contribution < -0.4 is 5.32 Å². The molecule has 2 N–H and O–H groups in total. The molecule has 0 radical (unpaired) electrons. The lowest BCUT2D eigenvalue weighted by Crippen LogP contribution is -2.00. The van der Waals surface area contributed by atoms with Crippen molar-refractivity contribution in [3.63, 3.8) is 0 Å². The Labute approximate surface area is 158 Å². The summed E-state index contributed by atoms with van der Waals surface area (Å²) < 4.78 is 0. The Bertz CT molecular complexity index is 596. The van der Waals surface area contributed by atoms with Crippen molar-refractivity contribution in [3.05, 3.63) is 42.0 Å². The Hall–Kier alpha value is -2.21. The van der Waals surface area contributed by atoms with Gasteiger partial charge in [0.05, 0.1) is 0 Å². The molecule has 0 saturated heterocycles. The van der Waals surface area contributed by atoms with Crippen LogP contribution in [0.4, 0.5) is 5.69 Å². The summed E-state index contributed by atoms with van der Waals surface area (Å²) in [5, 5.41) is 11.9. The molecule has 0 spiro atoms. The monoisotopic (exact) mass is 355 g/mol. The molecule has 0 aliphatic rings. The molecule has 1 rings (SSSR count). The summed E-state index contributed by atoms with van der Waals surface area (Å²) in [6.07, 6.45) is 17.5. The van der Waals surface area contributed by atoms with Crippen molar-refractivity contribution in [2.24, 2.45) is 0 Å². The number of carbonyl (C=O) groups is 1. The molecule has 0 aromatic heterocycles. The van der Waals surface area contributed by atoms with Crippen molar-refractivity contribution in [1.29, 1.82) is 0 Å². The van der Waals surface area contributed by atoms with Crippen molar-refractivity contribution in [3.8, 4) is 11.8 Å². The Kier molecular flexibility index (Phi) is 12.7. The molecule has 1 aromatic rings. The molecule has 0 fully saturated rings. The third-order valence-corrected chi connectivity index (χ3v) is 4.19. The van der Waals surface area contributed by atoms with Crippen LogP contribution in [0.1, 0.15) is 76.7 Å². The molecule has 142 valence electrons. The van der Waals surface area contributed by atoms with Gasteiger partial charge in [0, 0.05) is 23.7 Å². The molecule has 0 aliphatic heterocycles. The lowest BCUT2D eigenvalue weighted by atomic mass is 10.1. The summed E-state index contributed by atoms with van der Waals surface area (Å²) in [5.41, 5.74) is 1.70. The van der Waals surface area contributed by atoms with Crippen LogP contribution in [0.25, 0.3) is 0 Å². The maximum absolute atomic E-state index is 10.5. The normalized spacial score (nSPS) is 10.5. The SMILES string of the molecule is CCCCCCCCCC=CCCCNc1cccc(C#CC(=O)O)c1. The Morgan fingerprint density at radius 3 is 2.46 bits per heavy atom. The molecular formula is C23H33NO2. The van der Waals surface area contributed by atoms with Gasteiger partial charge < -0.3 is 10.4 Å². The van der Waals surface area contributed by atoms with Crippen molar-refractivity contribution < 1.29 is 9.90 Å². The summed E-state index contributed by atoms with van der Waals surface area (Å²) >= 11 is 0. The summed E-state index contributed by atoms with van der Waals surface area (Å²) in [6, 6.07) is 7.55. The summed E-state index contributed by atoms with van der Waals surface area (Å²) in [6.45, 7) is 3.16. The smallest absolute Gasteiger partial charge is 0.382 e. The van der Waals surface area contributed by atoms with Gasteiger partial charge in [0.25, 0.3) is 0 Å². The molecule has 0 bridgehead atoms. The minimum Gasteiger partial charge on any atom is -0.472 e. The van der Waals surface area contributed by atoms with Gasteiger partial charge in [-0.25, -0.2) is 4.79 Å². The zero-order valence-corrected chi connectivity index (χ0v) is 16.1. The number of aliphatic carboxylic acids is 1. The lowest BCUT2D eigenvalue weighted by molar-refractivity contribution is -0.130. The van der Waals surface area contributed by atoms with Crippen LogP contribution in [-0.2, 0) is 4.79 Å². The van der Waals surface area contributed by atoms with E-state index in [4.69, 9.17) is 5.11 Å². The highest BCUT2D eigenvalue weighted by molar-refractivity contribution is 5.87. The van der Waals surface area contributed by atoms with E-state index in [1.54, 1.807) is 0 Å². The predicted octanol–water partition coefficient (Wildman–Crippen LogP) is 6.01. The second-order valence-electron chi connectivity index (χ2n) is 6.59. The first kappa shape index (κ1) is 21.8. The Morgan fingerprint density at radius 1 is 1.04 bits per heavy atom. The molecule has 0 unspecified atom stereocenters. The molecule has 0 amide bonds. The molecule has 3 nitrogen and oxygen atoms in total. The van der Waals surface area contributed by atoms with Gasteiger partial charge in [-0.3, -0.25) is 0 Å². The molecule has 1 aromatic carbocycles. The van der Waals surface area contributed by atoms with Gasteiger partial charge in [-0.05, 0) is 43.9 Å². The number of anilines is 1. The van der Waals surface area contributed by atoms with Crippen molar-refractivity contribution in [1.82, 2.24) is 0 Å². The molecule has 26 heavy (non-hydrogen) atoms. The molecule has 0 heterocycles. The largest absolute Gasteiger partial charge is 0.472 e. The fourth-order valence-electron chi connectivity index (χ4n) is 2.74. The van der Waals surface area contributed by atoms with E-state index in [2.05, 4.69) is 36.2 Å². The summed E-state index contributed by atoms with van der Waals surface area (Å²) in [4.78, 5) is 10.5. The van der Waals surface area contributed by atoms with Crippen LogP contribution >= 0.6 is 0 Å². The fourth-order valence-corrected chi connectivity index (χ4v) is 2.74. The van der Waals surface area contributed by atoms with Crippen LogP contribution in [0.2, 0.25) is 0 Å². The number of benzene rings is 1. The third kappa shape index (κ3) is 12.2. The van der Waals surface area contributed by atoms with E-state index < -0.39 is 5.97 Å². The topological polar surface area (TPSA) is 49.3 Å². The maximum Gasteiger partial charge on any atom is 0.382 e. The lowest BCUT2D eigenvalue weighted by Gasteiger charge is -2.05. The van der Waals surface area contributed by atoms with E-state index >= 15 is 0 Å². The Balaban J connectivity index is 2.06. The molecule has 0 atom stereocenters. The second-order valence-corrected chi connectivity index (χ2v) is 6.59. The first-order chi connectivity index (χ1) is 12.7. The van der Waals surface area contributed by atoms with Gasteiger partial charge in [-0.1, -0.05) is 69.6 Å². The summed E-state index contributed by atoms with van der Waals surface area (Å²) in [7, 11) is 0. The van der Waals surface area contributed by atoms with Crippen molar-refractivity contribution >= 4 is 11.7 Å². The highest BCUT2D eigenvalue weighted by Crippen LogP contribution is 2.11. The number of hydrogen-bond donors (Lipinski definition) is 2. The van der Waals surface area contributed by atoms with Crippen LogP contribution in [0.15, 0.2) is 36.4 Å². The van der Waals surface area contributed by atoms with E-state index in [1.165, 1.54) is 51.4 Å². The molecule has 0 aliphatic carbocycles. The quantitative estimate of drug-likeness (QED) is 0.259. The van der Waals surface area contributed by atoms with E-state index in [9.17, 15) is 4.79 Å². The number of carboxylic acids is 1. The minimum absolute atomic E-state index is 0.715. The van der Waals surface area contributed by atoms with E-state index in [-0.39, 0.29) is 0 Å². The number of carboxylic acid groups (broad SMARTS) is 1. The van der Waals surface area contributed by atoms with Crippen molar-refractivity contribution in [2.75, 3.05) is 11.9 Å². The number of rotatable bonds is 13. The number of nitrogens with one attached hydrogen (secondary N) is 1. The van der Waals surface area contributed by atoms with E-state index in [0.717, 1.165) is 25.1 Å². The average molecular weight is 356 g/mol. The van der Waals surface area contributed by atoms with E-state index in [0.29, 0.717) is 5.56 Å². The van der Waals surface area contributed by atoms with E-state index in [1.807, 2.05) is 24.3 Å². The summed E-state index contributed by atoms with van der Waals surface area (Å²) in [5.74, 6) is 3.66. The van der Waals surface area contributed by atoms with Gasteiger partial charge >= 0.3 is 5.97 Å². The van der Waals surface area contributed by atoms with Crippen LogP contribution in [-0.4, -0.2) is 17.6 Å². The third-order valence-electron chi connectivity index (χ3n) is 4.19. The van der Waals surface area contributed by atoms with Gasteiger partial charge in [-0.15, -0.1) is 0 Å². The van der Waals surface area contributed by atoms with Gasteiger partial charge in [0.1, 0.15) is 0 Å². The average Bonchev–Trinajstić information content (AvgIpc) is 2.64. The van der Waals surface area contributed by atoms with Gasteiger partial charge in [0.2, 0.25) is 0 Å². The number of allylic oxidation sites excluding steroid dienone is 2. The fraction of sp³-hybridized carbons (Fsp3) is 0.522. The number of hydrogen-bond acceptors (Lipinski definition) is 2. The second kappa shape index (κ2) is 15.1. The zero-order chi connectivity index (χ0) is 18.9. The zero-order valence-electron chi connectivity index (χ0n) is 16.1. The van der Waals surface area contributed by atoms with Crippen LogP contribution in [0.3, 0.4) is 0 Å². The van der Waals surface area contributed by atoms with Crippen LogP contribution in [0.5, 0.6) is 0 Å². The minimum atomic E-state index is -1.10. The van der Waals surface area contributed by atoms with Crippen LogP contribution in [0, 0.1) is 11.8 Å². The maximum atomic E-state index is 10.5. The molecule has 0 saturated carbocycles.